The molecule has 134 valence electrons. The van der Waals surface area contributed by atoms with Crippen LogP contribution >= 0.6 is 0 Å². The number of nitrogens with one attached hydrogen (secondary N) is 2. The van der Waals surface area contributed by atoms with E-state index in [1.807, 2.05) is 6.07 Å². The molecule has 6 nitrogen and oxygen atoms in total. The Morgan fingerprint density at radius 3 is 2.80 bits per heavy atom. The second kappa shape index (κ2) is 7.25. The normalized spacial score (nSPS) is 26.5. The molecular formula is C19H25N3O3. The Hall–Kier alpha value is -2.37. The number of benzene rings is 1. The van der Waals surface area contributed by atoms with Crippen LogP contribution in [0.4, 0.5) is 4.79 Å². The van der Waals surface area contributed by atoms with Crippen molar-refractivity contribution in [2.75, 3.05) is 6.54 Å². The number of imide groups is 1. The molecule has 1 aliphatic carbocycles. The summed E-state index contributed by atoms with van der Waals surface area (Å²) in [6, 6.07) is 6.94. The molecule has 25 heavy (non-hydrogen) atoms. The Morgan fingerprint density at radius 2 is 2.08 bits per heavy atom. The van der Waals surface area contributed by atoms with Crippen molar-refractivity contribution >= 4 is 17.8 Å². The second-order valence-corrected chi connectivity index (χ2v) is 7.19. The first kappa shape index (κ1) is 17.5. The molecule has 3 rings (SSSR count). The smallest absolute Gasteiger partial charge is 0.324 e. The zero-order valence-electron chi connectivity index (χ0n) is 14.7. The predicted octanol–water partition coefficient (Wildman–Crippen LogP) is 2.29. The van der Waals surface area contributed by atoms with Gasteiger partial charge in [0.2, 0.25) is 5.91 Å². The Balaban J connectivity index is 1.67. The molecule has 2 aliphatic rings. The van der Waals surface area contributed by atoms with Crippen LogP contribution < -0.4 is 10.6 Å². The minimum atomic E-state index is -0.384. The van der Waals surface area contributed by atoms with Gasteiger partial charge in [0.15, 0.2) is 0 Å². The van der Waals surface area contributed by atoms with Crippen molar-refractivity contribution in [3.8, 4) is 0 Å². The maximum absolute atomic E-state index is 12.6. The third-order valence-electron chi connectivity index (χ3n) is 5.49. The van der Waals surface area contributed by atoms with Crippen LogP contribution in [0, 0.1) is 11.8 Å². The summed E-state index contributed by atoms with van der Waals surface area (Å²) >= 11 is 0. The van der Waals surface area contributed by atoms with Crippen LogP contribution in [0.1, 0.15) is 49.0 Å². The zero-order chi connectivity index (χ0) is 18.0. The van der Waals surface area contributed by atoms with Gasteiger partial charge in [0.25, 0.3) is 5.91 Å². The topological polar surface area (TPSA) is 78.5 Å². The lowest BCUT2D eigenvalue weighted by atomic mass is 9.78. The van der Waals surface area contributed by atoms with Gasteiger partial charge in [-0.1, -0.05) is 38.8 Å². The van der Waals surface area contributed by atoms with Crippen LogP contribution in [0.5, 0.6) is 0 Å². The number of nitrogens with zero attached hydrogens (tertiary/aromatic N) is 1. The van der Waals surface area contributed by atoms with Crippen molar-refractivity contribution in [1.29, 1.82) is 0 Å². The predicted molar refractivity (Wildman–Crippen MR) is 93.8 cm³/mol. The average Bonchev–Trinajstić information content (AvgIpc) is 2.91. The number of hydrogen-bond acceptors (Lipinski definition) is 3. The lowest BCUT2D eigenvalue weighted by Gasteiger charge is -2.34. The molecule has 4 amide bonds. The van der Waals surface area contributed by atoms with Crippen molar-refractivity contribution < 1.29 is 14.4 Å². The Bertz CT molecular complexity index is 672. The van der Waals surface area contributed by atoms with E-state index >= 15 is 0 Å². The summed E-state index contributed by atoms with van der Waals surface area (Å²) in [5.74, 6) is 0.742. The molecule has 0 aromatic heterocycles. The standard InChI is InChI=1S/C19H25N3O3/c1-12-5-3-8-16(13(12)2)21-18(24)15-7-4-6-14(9-15)11-22-17(23)10-20-19(22)25/h4,6-7,9,12-13,16H,3,5,8,10-11H2,1-2H3,(H,20,25)(H,21,24)/t12-,13+,16+/m1/s1. The highest BCUT2D eigenvalue weighted by molar-refractivity contribution is 6.02. The summed E-state index contributed by atoms with van der Waals surface area (Å²) < 4.78 is 0. The monoisotopic (exact) mass is 343 g/mol. The number of urea groups is 1. The summed E-state index contributed by atoms with van der Waals surface area (Å²) in [7, 11) is 0. The summed E-state index contributed by atoms with van der Waals surface area (Å²) in [6.45, 7) is 4.66. The molecule has 0 bridgehead atoms. The van der Waals surface area contributed by atoms with Gasteiger partial charge in [-0.3, -0.25) is 14.5 Å². The molecule has 6 heteroatoms. The first-order chi connectivity index (χ1) is 12.0. The molecule has 1 saturated carbocycles. The van der Waals surface area contributed by atoms with Gasteiger partial charge in [0.05, 0.1) is 13.1 Å². The van der Waals surface area contributed by atoms with Crippen molar-refractivity contribution in [2.24, 2.45) is 11.8 Å². The van der Waals surface area contributed by atoms with E-state index in [2.05, 4.69) is 24.5 Å². The fourth-order valence-electron chi connectivity index (χ4n) is 3.65. The SMILES string of the molecule is C[C@H]1[C@H](C)CCC[C@@H]1NC(=O)c1cccc(CN2C(=O)CNC2=O)c1. The molecule has 2 N–H and O–H groups in total. The highest BCUT2D eigenvalue weighted by Crippen LogP contribution is 2.29. The first-order valence-electron chi connectivity index (χ1n) is 8.93. The molecule has 0 spiro atoms. The van der Waals surface area contributed by atoms with Crippen molar-refractivity contribution in [3.63, 3.8) is 0 Å². The van der Waals surface area contributed by atoms with Crippen LogP contribution in [0.2, 0.25) is 0 Å². The third-order valence-corrected chi connectivity index (χ3v) is 5.49. The molecule has 1 saturated heterocycles. The molecule has 1 heterocycles. The second-order valence-electron chi connectivity index (χ2n) is 7.19. The van der Waals surface area contributed by atoms with E-state index in [-0.39, 0.29) is 37.0 Å². The highest BCUT2D eigenvalue weighted by atomic mass is 16.2. The quantitative estimate of drug-likeness (QED) is 0.824. The molecule has 2 fully saturated rings. The molecule has 1 aliphatic heterocycles. The Morgan fingerprint density at radius 1 is 1.28 bits per heavy atom. The maximum Gasteiger partial charge on any atom is 0.324 e. The van der Waals surface area contributed by atoms with Gasteiger partial charge in [-0.25, -0.2) is 4.79 Å². The number of carbonyl (C=O) groups excluding carboxylic acids is 3. The van der Waals surface area contributed by atoms with Gasteiger partial charge in [-0.2, -0.15) is 0 Å². The van der Waals surface area contributed by atoms with Crippen molar-refractivity contribution in [3.05, 3.63) is 35.4 Å². The van der Waals surface area contributed by atoms with Crippen LogP contribution in [0.15, 0.2) is 24.3 Å². The Labute approximate surface area is 148 Å². The van der Waals surface area contributed by atoms with Crippen LogP contribution in [0.25, 0.3) is 0 Å². The number of rotatable bonds is 4. The van der Waals surface area contributed by atoms with E-state index in [4.69, 9.17) is 0 Å². The summed E-state index contributed by atoms with van der Waals surface area (Å²) in [4.78, 5) is 37.1. The van der Waals surface area contributed by atoms with E-state index < -0.39 is 0 Å². The van der Waals surface area contributed by atoms with Crippen LogP contribution in [-0.2, 0) is 11.3 Å². The molecule has 3 atom stereocenters. The number of amides is 4. The molecule has 1 aromatic rings. The van der Waals surface area contributed by atoms with E-state index in [1.165, 1.54) is 11.3 Å². The fourth-order valence-corrected chi connectivity index (χ4v) is 3.65. The molecule has 0 radical (unpaired) electrons. The molecular weight excluding hydrogens is 318 g/mol. The van der Waals surface area contributed by atoms with E-state index in [9.17, 15) is 14.4 Å². The van der Waals surface area contributed by atoms with Gasteiger partial charge < -0.3 is 10.6 Å². The Kier molecular flexibility index (Phi) is 5.06. The lowest BCUT2D eigenvalue weighted by molar-refractivity contribution is -0.125. The lowest BCUT2D eigenvalue weighted by Crippen LogP contribution is -2.43. The maximum atomic E-state index is 12.6. The summed E-state index contributed by atoms with van der Waals surface area (Å²) in [6.07, 6.45) is 3.37. The largest absolute Gasteiger partial charge is 0.349 e. The summed E-state index contributed by atoms with van der Waals surface area (Å²) in [5, 5.41) is 5.65. The van der Waals surface area contributed by atoms with Crippen molar-refractivity contribution in [2.45, 2.75) is 45.7 Å². The van der Waals surface area contributed by atoms with Gasteiger partial charge in [0.1, 0.15) is 0 Å². The third kappa shape index (κ3) is 3.83. The fraction of sp³-hybridized carbons (Fsp3) is 0.526. The van der Waals surface area contributed by atoms with Gasteiger partial charge >= 0.3 is 6.03 Å². The summed E-state index contributed by atoms with van der Waals surface area (Å²) in [5.41, 5.74) is 1.33. The minimum absolute atomic E-state index is 0.0385. The minimum Gasteiger partial charge on any atom is -0.349 e. The van der Waals surface area contributed by atoms with Crippen LogP contribution in [-0.4, -0.2) is 35.3 Å². The van der Waals surface area contributed by atoms with Gasteiger partial charge in [0, 0.05) is 11.6 Å². The van der Waals surface area contributed by atoms with Gasteiger partial charge in [-0.15, -0.1) is 0 Å². The number of hydrogen-bond donors (Lipinski definition) is 2. The number of carbonyl (C=O) groups is 3. The van der Waals surface area contributed by atoms with Crippen LogP contribution in [0.3, 0.4) is 0 Å². The molecule has 0 unspecified atom stereocenters. The van der Waals surface area contributed by atoms with E-state index in [0.717, 1.165) is 18.4 Å². The average molecular weight is 343 g/mol. The first-order valence-corrected chi connectivity index (χ1v) is 8.93. The van der Waals surface area contributed by atoms with E-state index in [0.29, 0.717) is 17.4 Å². The highest BCUT2D eigenvalue weighted by Gasteiger charge is 2.29. The van der Waals surface area contributed by atoms with Gasteiger partial charge in [-0.05, 0) is 36.0 Å². The zero-order valence-corrected chi connectivity index (χ0v) is 14.7. The van der Waals surface area contributed by atoms with Crippen molar-refractivity contribution in [1.82, 2.24) is 15.5 Å². The molecule has 1 aromatic carbocycles. The van der Waals surface area contributed by atoms with E-state index in [1.54, 1.807) is 18.2 Å².